The van der Waals surface area contributed by atoms with Crippen molar-refractivity contribution in [3.63, 3.8) is 0 Å². The normalized spacial score (nSPS) is 10.9. The van der Waals surface area contributed by atoms with Crippen LogP contribution in [0.1, 0.15) is 0 Å². The van der Waals surface area contributed by atoms with Crippen molar-refractivity contribution in [3.8, 4) is 50.3 Å². The SMILES string of the molecule is COc1ccc(-c2c(Nc3nnc(OC)s3)nc3c(-c4ccccc4)c(-c4ccccc4)nn3c2OC)cc1. The maximum absolute atomic E-state index is 6.05. The molecule has 39 heavy (non-hydrogen) atoms. The number of benzene rings is 3. The summed E-state index contributed by atoms with van der Waals surface area (Å²) in [5.41, 5.74) is 5.85. The molecule has 0 fully saturated rings. The van der Waals surface area contributed by atoms with Gasteiger partial charge in [-0.2, -0.15) is 9.61 Å². The van der Waals surface area contributed by atoms with Crippen molar-refractivity contribution in [1.29, 1.82) is 0 Å². The lowest BCUT2D eigenvalue weighted by Crippen LogP contribution is -2.06. The van der Waals surface area contributed by atoms with E-state index in [9.17, 15) is 0 Å². The van der Waals surface area contributed by atoms with Crippen molar-refractivity contribution in [1.82, 2.24) is 24.8 Å². The fourth-order valence-electron chi connectivity index (χ4n) is 4.43. The van der Waals surface area contributed by atoms with E-state index < -0.39 is 0 Å². The quantitative estimate of drug-likeness (QED) is 0.240. The molecular formula is C29H24N6O3S. The van der Waals surface area contributed by atoms with Crippen LogP contribution < -0.4 is 19.5 Å². The minimum absolute atomic E-state index is 0.442. The molecule has 194 valence electrons. The van der Waals surface area contributed by atoms with E-state index in [1.54, 1.807) is 25.8 Å². The molecule has 0 radical (unpaired) electrons. The number of hydrogen-bond donors (Lipinski definition) is 1. The summed E-state index contributed by atoms with van der Waals surface area (Å²) in [6, 6.07) is 27.9. The van der Waals surface area contributed by atoms with Crippen molar-refractivity contribution < 1.29 is 14.2 Å². The zero-order chi connectivity index (χ0) is 26.8. The van der Waals surface area contributed by atoms with E-state index in [2.05, 4.69) is 27.6 Å². The average molecular weight is 537 g/mol. The first-order valence-electron chi connectivity index (χ1n) is 12.1. The van der Waals surface area contributed by atoms with E-state index in [0.717, 1.165) is 33.7 Å². The Hall–Kier alpha value is -4.96. The Kier molecular flexibility index (Phi) is 6.52. The predicted octanol–water partition coefficient (Wildman–Crippen LogP) is 6.35. The van der Waals surface area contributed by atoms with Crippen LogP contribution in [-0.4, -0.2) is 46.1 Å². The Bertz CT molecular complexity index is 1730. The third-order valence-electron chi connectivity index (χ3n) is 6.21. The van der Waals surface area contributed by atoms with Gasteiger partial charge in [-0.05, 0) is 34.6 Å². The van der Waals surface area contributed by atoms with Gasteiger partial charge in [-0.1, -0.05) is 77.9 Å². The molecule has 1 N–H and O–H groups in total. The maximum Gasteiger partial charge on any atom is 0.295 e. The van der Waals surface area contributed by atoms with E-state index in [1.165, 1.54) is 11.3 Å². The lowest BCUT2D eigenvalue weighted by molar-refractivity contribution is 0.387. The first-order chi connectivity index (χ1) is 19.2. The minimum atomic E-state index is 0.442. The Morgan fingerprint density at radius 2 is 1.36 bits per heavy atom. The Morgan fingerprint density at radius 1 is 0.692 bits per heavy atom. The molecule has 0 saturated carbocycles. The van der Waals surface area contributed by atoms with Crippen LogP contribution in [0.4, 0.5) is 10.9 Å². The van der Waals surface area contributed by atoms with Gasteiger partial charge in [-0.15, -0.1) is 5.10 Å². The molecule has 9 nitrogen and oxygen atoms in total. The molecule has 3 aromatic heterocycles. The third kappa shape index (κ3) is 4.51. The van der Waals surface area contributed by atoms with Gasteiger partial charge in [0.1, 0.15) is 17.3 Å². The number of aromatic nitrogens is 5. The first-order valence-corrected chi connectivity index (χ1v) is 12.9. The van der Waals surface area contributed by atoms with Gasteiger partial charge < -0.3 is 19.5 Å². The highest BCUT2D eigenvalue weighted by Gasteiger charge is 2.26. The monoisotopic (exact) mass is 536 g/mol. The molecule has 0 amide bonds. The summed E-state index contributed by atoms with van der Waals surface area (Å²) in [5, 5.41) is 17.7. The van der Waals surface area contributed by atoms with Crippen LogP contribution >= 0.6 is 11.3 Å². The van der Waals surface area contributed by atoms with Crippen LogP contribution in [0.2, 0.25) is 0 Å². The molecule has 6 rings (SSSR count). The lowest BCUT2D eigenvalue weighted by Gasteiger charge is -2.16. The van der Waals surface area contributed by atoms with Gasteiger partial charge in [-0.25, -0.2) is 4.98 Å². The molecule has 6 aromatic rings. The number of nitrogens with zero attached hydrogens (tertiary/aromatic N) is 5. The van der Waals surface area contributed by atoms with Crippen LogP contribution in [0.3, 0.4) is 0 Å². The number of rotatable bonds is 8. The number of nitrogens with one attached hydrogen (secondary N) is 1. The van der Waals surface area contributed by atoms with Crippen LogP contribution in [0.15, 0.2) is 84.9 Å². The molecule has 0 spiro atoms. The van der Waals surface area contributed by atoms with Crippen LogP contribution in [0.5, 0.6) is 16.8 Å². The summed E-state index contributed by atoms with van der Waals surface area (Å²) in [7, 11) is 4.83. The molecule has 0 saturated heterocycles. The zero-order valence-electron chi connectivity index (χ0n) is 21.5. The Labute approximate surface area is 228 Å². The zero-order valence-corrected chi connectivity index (χ0v) is 22.3. The maximum atomic E-state index is 6.05. The van der Waals surface area contributed by atoms with E-state index in [0.29, 0.717) is 33.2 Å². The Morgan fingerprint density at radius 3 is 1.97 bits per heavy atom. The smallest absolute Gasteiger partial charge is 0.295 e. The number of fused-ring (bicyclic) bond motifs is 1. The molecule has 0 aliphatic rings. The number of methoxy groups -OCH3 is 3. The van der Waals surface area contributed by atoms with E-state index in [1.807, 2.05) is 72.8 Å². The number of hydrogen-bond acceptors (Lipinski definition) is 9. The van der Waals surface area contributed by atoms with Crippen molar-refractivity contribution in [2.75, 3.05) is 26.6 Å². The highest BCUT2D eigenvalue weighted by molar-refractivity contribution is 7.17. The van der Waals surface area contributed by atoms with Gasteiger partial charge in [0.25, 0.3) is 5.19 Å². The van der Waals surface area contributed by atoms with Crippen molar-refractivity contribution in [2.45, 2.75) is 0 Å². The third-order valence-corrected chi connectivity index (χ3v) is 7.01. The fraction of sp³-hybridized carbons (Fsp3) is 0.103. The molecular weight excluding hydrogens is 512 g/mol. The Balaban J connectivity index is 1.67. The van der Waals surface area contributed by atoms with Gasteiger partial charge in [0.2, 0.25) is 11.0 Å². The molecule has 10 heteroatoms. The fourth-order valence-corrected chi connectivity index (χ4v) is 4.99. The van der Waals surface area contributed by atoms with Gasteiger partial charge >= 0.3 is 0 Å². The van der Waals surface area contributed by atoms with Gasteiger partial charge in [0.15, 0.2) is 5.65 Å². The largest absolute Gasteiger partial charge is 0.497 e. The van der Waals surface area contributed by atoms with Crippen molar-refractivity contribution in [2.24, 2.45) is 0 Å². The summed E-state index contributed by atoms with van der Waals surface area (Å²) in [6.07, 6.45) is 0. The van der Waals surface area contributed by atoms with Crippen LogP contribution in [0.25, 0.3) is 39.2 Å². The first kappa shape index (κ1) is 24.4. The van der Waals surface area contributed by atoms with E-state index in [4.69, 9.17) is 24.3 Å². The van der Waals surface area contributed by atoms with Gasteiger partial charge in [-0.3, -0.25) is 0 Å². The lowest BCUT2D eigenvalue weighted by atomic mass is 10.0. The molecule has 3 aromatic carbocycles. The molecule has 0 aliphatic heterocycles. The summed E-state index contributed by atoms with van der Waals surface area (Å²) in [6.45, 7) is 0. The highest BCUT2D eigenvalue weighted by atomic mass is 32.1. The second-order valence-electron chi connectivity index (χ2n) is 8.47. The second-order valence-corrected chi connectivity index (χ2v) is 9.41. The molecule has 0 bridgehead atoms. The predicted molar refractivity (Wildman–Crippen MR) is 152 cm³/mol. The molecule has 3 heterocycles. The summed E-state index contributed by atoms with van der Waals surface area (Å²) in [4.78, 5) is 5.13. The van der Waals surface area contributed by atoms with Crippen molar-refractivity contribution >= 4 is 27.9 Å². The summed E-state index contributed by atoms with van der Waals surface area (Å²) in [5.74, 6) is 1.80. The average Bonchev–Trinajstić information content (AvgIpc) is 3.62. The van der Waals surface area contributed by atoms with Crippen molar-refractivity contribution in [3.05, 3.63) is 84.9 Å². The second kappa shape index (κ2) is 10.4. The van der Waals surface area contributed by atoms with Crippen LogP contribution in [0, 0.1) is 0 Å². The topological polar surface area (TPSA) is 95.7 Å². The van der Waals surface area contributed by atoms with E-state index in [-0.39, 0.29) is 0 Å². The van der Waals surface area contributed by atoms with Gasteiger partial charge in [0.05, 0.1) is 32.5 Å². The number of ether oxygens (including phenoxy) is 3. The summed E-state index contributed by atoms with van der Waals surface area (Å²) < 4.78 is 18.4. The molecule has 0 aliphatic carbocycles. The highest BCUT2D eigenvalue weighted by Crippen LogP contribution is 2.43. The number of anilines is 2. The standard InChI is InChI=1S/C29H24N6O3S/c1-36-21-16-14-19(15-17-21)23-25(31-28-32-33-29(38-3)39-28)30-26-22(18-10-6-4-7-11-18)24(20-12-8-5-9-13-20)34-35(26)27(23)37-2/h4-17H,1-3H3,(H,30,31,32). The molecule has 0 unspecified atom stereocenters. The van der Waals surface area contributed by atoms with E-state index >= 15 is 0 Å². The molecule has 0 atom stereocenters. The van der Waals surface area contributed by atoms with Crippen LogP contribution in [-0.2, 0) is 0 Å². The summed E-state index contributed by atoms with van der Waals surface area (Å²) >= 11 is 1.28. The van der Waals surface area contributed by atoms with Gasteiger partial charge in [0, 0.05) is 5.56 Å². The minimum Gasteiger partial charge on any atom is -0.497 e.